The lowest BCUT2D eigenvalue weighted by Crippen LogP contribution is -2.33. The molecule has 5 heteroatoms. The van der Waals surface area contributed by atoms with E-state index >= 15 is 0 Å². The van der Waals surface area contributed by atoms with E-state index in [1.165, 1.54) is 25.7 Å². The number of nitro groups is 1. The third kappa shape index (κ3) is 3.58. The SMILES string of the molecule is CCC1CCCCCN1Cc1cccc([N+](=O)[O-])c1Br. The van der Waals surface area contributed by atoms with Crippen LogP contribution in [0.4, 0.5) is 5.69 Å². The number of likely N-dealkylation sites (tertiary alicyclic amines) is 1. The van der Waals surface area contributed by atoms with Crippen LogP contribution >= 0.6 is 15.9 Å². The minimum atomic E-state index is -0.326. The number of benzene rings is 1. The molecule has 0 N–H and O–H groups in total. The summed E-state index contributed by atoms with van der Waals surface area (Å²) in [6.07, 6.45) is 6.20. The topological polar surface area (TPSA) is 46.4 Å². The molecule has 1 heterocycles. The molecule has 1 fully saturated rings. The average molecular weight is 341 g/mol. The van der Waals surface area contributed by atoms with E-state index in [0.717, 1.165) is 25.1 Å². The van der Waals surface area contributed by atoms with Crippen LogP contribution in [0.3, 0.4) is 0 Å². The summed E-state index contributed by atoms with van der Waals surface area (Å²) >= 11 is 3.40. The predicted octanol–water partition coefficient (Wildman–Crippen LogP) is 4.51. The molecule has 20 heavy (non-hydrogen) atoms. The lowest BCUT2D eigenvalue weighted by atomic mass is 10.1. The van der Waals surface area contributed by atoms with E-state index < -0.39 is 0 Å². The van der Waals surface area contributed by atoms with Crippen LogP contribution in [0.1, 0.15) is 44.6 Å². The Morgan fingerprint density at radius 2 is 2.20 bits per heavy atom. The zero-order valence-electron chi connectivity index (χ0n) is 11.8. The standard InChI is InChI=1S/C15H21BrN2O2/c1-2-13-8-4-3-5-10-17(13)11-12-7-6-9-14(15(12)16)18(19)20/h6-7,9,13H,2-5,8,10-11H2,1H3. The molecule has 1 unspecified atom stereocenters. The van der Waals surface area contributed by atoms with Crippen LogP contribution in [0, 0.1) is 10.1 Å². The molecular formula is C15H21BrN2O2. The predicted molar refractivity (Wildman–Crippen MR) is 83.8 cm³/mol. The van der Waals surface area contributed by atoms with E-state index in [2.05, 4.69) is 27.8 Å². The van der Waals surface area contributed by atoms with Crippen molar-refractivity contribution in [1.82, 2.24) is 4.90 Å². The van der Waals surface area contributed by atoms with E-state index in [4.69, 9.17) is 0 Å². The van der Waals surface area contributed by atoms with Crippen molar-refractivity contribution in [2.24, 2.45) is 0 Å². The van der Waals surface area contributed by atoms with E-state index in [9.17, 15) is 10.1 Å². The smallest absolute Gasteiger partial charge is 0.283 e. The molecule has 2 rings (SSSR count). The number of nitrogens with zero attached hydrogens (tertiary/aromatic N) is 2. The third-order valence-corrected chi connectivity index (χ3v) is 5.01. The van der Waals surface area contributed by atoms with Crippen LogP contribution in [0.2, 0.25) is 0 Å². The summed E-state index contributed by atoms with van der Waals surface area (Å²) in [5, 5.41) is 11.0. The Hall–Kier alpha value is -0.940. The van der Waals surface area contributed by atoms with Crippen molar-refractivity contribution in [2.75, 3.05) is 6.54 Å². The van der Waals surface area contributed by atoms with Gasteiger partial charge in [0.05, 0.1) is 9.40 Å². The Kier molecular flexibility index (Phi) is 5.54. The van der Waals surface area contributed by atoms with Gasteiger partial charge in [0, 0.05) is 18.7 Å². The first-order valence-electron chi connectivity index (χ1n) is 7.29. The summed E-state index contributed by atoms with van der Waals surface area (Å²) in [6.45, 7) is 4.11. The normalized spacial score (nSPS) is 20.6. The highest BCUT2D eigenvalue weighted by atomic mass is 79.9. The molecule has 1 aromatic carbocycles. The van der Waals surface area contributed by atoms with Gasteiger partial charge in [0.15, 0.2) is 0 Å². The summed E-state index contributed by atoms with van der Waals surface area (Å²) in [6, 6.07) is 5.91. The maximum absolute atomic E-state index is 11.0. The average Bonchev–Trinajstić information content (AvgIpc) is 2.65. The van der Waals surface area contributed by atoms with Gasteiger partial charge in [-0.2, -0.15) is 0 Å². The second-order valence-corrected chi connectivity index (χ2v) is 6.18. The largest absolute Gasteiger partial charge is 0.296 e. The third-order valence-electron chi connectivity index (χ3n) is 4.10. The molecule has 1 aliphatic heterocycles. The van der Waals surface area contributed by atoms with E-state index in [-0.39, 0.29) is 10.6 Å². The maximum atomic E-state index is 11.0. The highest BCUT2D eigenvalue weighted by Crippen LogP contribution is 2.30. The second kappa shape index (κ2) is 7.18. The molecule has 0 amide bonds. The van der Waals surface area contributed by atoms with E-state index in [0.29, 0.717) is 10.5 Å². The summed E-state index contributed by atoms with van der Waals surface area (Å²) in [4.78, 5) is 13.2. The van der Waals surface area contributed by atoms with Crippen LogP contribution < -0.4 is 0 Å². The lowest BCUT2D eigenvalue weighted by molar-refractivity contribution is -0.385. The fourth-order valence-electron chi connectivity index (χ4n) is 2.96. The zero-order valence-corrected chi connectivity index (χ0v) is 13.4. The second-order valence-electron chi connectivity index (χ2n) is 5.39. The first-order valence-corrected chi connectivity index (χ1v) is 8.08. The van der Waals surface area contributed by atoms with Gasteiger partial charge in [-0.1, -0.05) is 31.9 Å². The Balaban J connectivity index is 2.19. The number of hydrogen-bond donors (Lipinski definition) is 0. The van der Waals surface area contributed by atoms with Crippen molar-refractivity contribution in [3.05, 3.63) is 38.3 Å². The van der Waals surface area contributed by atoms with Crippen molar-refractivity contribution < 1.29 is 4.92 Å². The molecule has 110 valence electrons. The molecule has 1 saturated heterocycles. The minimum absolute atomic E-state index is 0.158. The molecule has 4 nitrogen and oxygen atoms in total. The fourth-order valence-corrected chi connectivity index (χ4v) is 3.49. The van der Waals surface area contributed by atoms with Crippen molar-refractivity contribution in [3.8, 4) is 0 Å². The molecule has 0 aromatic heterocycles. The first kappa shape index (κ1) is 15.4. The molecule has 0 bridgehead atoms. The van der Waals surface area contributed by atoms with E-state index in [1.54, 1.807) is 12.1 Å². The summed E-state index contributed by atoms with van der Waals surface area (Å²) < 4.78 is 0.629. The van der Waals surface area contributed by atoms with Gasteiger partial charge in [-0.05, 0) is 47.3 Å². The van der Waals surface area contributed by atoms with Crippen LogP contribution in [-0.4, -0.2) is 22.4 Å². The van der Waals surface area contributed by atoms with Crippen molar-refractivity contribution >= 4 is 21.6 Å². The Morgan fingerprint density at radius 1 is 1.40 bits per heavy atom. The van der Waals surface area contributed by atoms with Crippen LogP contribution in [-0.2, 0) is 6.54 Å². The number of nitro benzene ring substituents is 1. The van der Waals surface area contributed by atoms with Gasteiger partial charge in [-0.3, -0.25) is 15.0 Å². The quantitative estimate of drug-likeness (QED) is 0.598. The zero-order chi connectivity index (χ0) is 14.5. The van der Waals surface area contributed by atoms with Crippen LogP contribution in [0.25, 0.3) is 0 Å². The Morgan fingerprint density at radius 3 is 2.90 bits per heavy atom. The lowest BCUT2D eigenvalue weighted by Gasteiger charge is -2.29. The highest BCUT2D eigenvalue weighted by Gasteiger charge is 2.22. The highest BCUT2D eigenvalue weighted by molar-refractivity contribution is 9.10. The molecule has 0 saturated carbocycles. The van der Waals surface area contributed by atoms with Gasteiger partial charge in [-0.25, -0.2) is 0 Å². The monoisotopic (exact) mass is 340 g/mol. The maximum Gasteiger partial charge on any atom is 0.283 e. The van der Waals surface area contributed by atoms with Crippen LogP contribution in [0.15, 0.2) is 22.7 Å². The van der Waals surface area contributed by atoms with E-state index in [1.807, 2.05) is 6.07 Å². The summed E-state index contributed by atoms with van der Waals surface area (Å²) in [5.74, 6) is 0. The molecule has 1 atom stereocenters. The molecule has 0 radical (unpaired) electrons. The minimum Gasteiger partial charge on any atom is -0.296 e. The van der Waals surface area contributed by atoms with Gasteiger partial charge >= 0.3 is 0 Å². The molecular weight excluding hydrogens is 320 g/mol. The van der Waals surface area contributed by atoms with Gasteiger partial charge in [0.25, 0.3) is 5.69 Å². The van der Waals surface area contributed by atoms with Gasteiger partial charge in [0.2, 0.25) is 0 Å². The van der Waals surface area contributed by atoms with Crippen LogP contribution in [0.5, 0.6) is 0 Å². The molecule has 0 spiro atoms. The fraction of sp³-hybridized carbons (Fsp3) is 0.600. The Labute approximate surface area is 128 Å². The van der Waals surface area contributed by atoms with Gasteiger partial charge in [0.1, 0.15) is 0 Å². The van der Waals surface area contributed by atoms with Gasteiger partial charge in [-0.15, -0.1) is 0 Å². The Bertz CT molecular complexity index is 479. The number of rotatable bonds is 4. The van der Waals surface area contributed by atoms with Crippen molar-refractivity contribution in [2.45, 2.75) is 51.6 Å². The molecule has 0 aliphatic carbocycles. The first-order chi connectivity index (χ1) is 9.63. The van der Waals surface area contributed by atoms with Crippen molar-refractivity contribution in [3.63, 3.8) is 0 Å². The summed E-state index contributed by atoms with van der Waals surface area (Å²) in [5.41, 5.74) is 1.17. The molecule has 1 aromatic rings. The van der Waals surface area contributed by atoms with Gasteiger partial charge < -0.3 is 0 Å². The summed E-state index contributed by atoms with van der Waals surface area (Å²) in [7, 11) is 0. The molecule has 1 aliphatic rings. The number of halogens is 1. The van der Waals surface area contributed by atoms with Crippen molar-refractivity contribution in [1.29, 1.82) is 0 Å². The number of hydrogen-bond acceptors (Lipinski definition) is 3.